The Morgan fingerprint density at radius 2 is 1.71 bits per heavy atom. The van der Waals surface area contributed by atoms with E-state index in [4.69, 9.17) is 5.11 Å². The standard InChI is InChI=1S/C12H15NO4/c1-6-7(2)11(15)13(10(6)14)9-5-3-4-8(9)12(16)17/h8-9H,3-5H2,1-2H3,(H,16,17). The van der Waals surface area contributed by atoms with E-state index in [1.54, 1.807) is 13.8 Å². The number of rotatable bonds is 2. The maximum Gasteiger partial charge on any atom is 0.308 e. The van der Waals surface area contributed by atoms with Crippen LogP contribution in [0.25, 0.3) is 0 Å². The van der Waals surface area contributed by atoms with E-state index >= 15 is 0 Å². The first-order valence-electron chi connectivity index (χ1n) is 5.73. The van der Waals surface area contributed by atoms with Crippen LogP contribution in [0.4, 0.5) is 0 Å². The second-order valence-corrected chi connectivity index (χ2v) is 4.67. The van der Waals surface area contributed by atoms with E-state index in [0.717, 1.165) is 11.3 Å². The minimum absolute atomic E-state index is 0.328. The highest BCUT2D eigenvalue weighted by atomic mass is 16.4. The molecule has 2 aliphatic rings. The number of amides is 2. The number of hydrogen-bond acceptors (Lipinski definition) is 3. The molecule has 2 atom stereocenters. The van der Waals surface area contributed by atoms with Gasteiger partial charge in [-0.3, -0.25) is 19.3 Å². The highest BCUT2D eigenvalue weighted by molar-refractivity contribution is 6.19. The predicted molar refractivity (Wildman–Crippen MR) is 59.0 cm³/mol. The molecule has 1 heterocycles. The minimum Gasteiger partial charge on any atom is -0.481 e. The number of carboxylic acid groups (broad SMARTS) is 1. The lowest BCUT2D eigenvalue weighted by Gasteiger charge is -2.26. The van der Waals surface area contributed by atoms with Crippen molar-refractivity contribution in [2.45, 2.75) is 39.2 Å². The zero-order valence-corrected chi connectivity index (χ0v) is 9.90. The van der Waals surface area contributed by atoms with Crippen molar-refractivity contribution in [2.24, 2.45) is 5.92 Å². The van der Waals surface area contributed by atoms with Crippen molar-refractivity contribution < 1.29 is 19.5 Å². The molecule has 0 radical (unpaired) electrons. The molecule has 1 aliphatic heterocycles. The fourth-order valence-corrected chi connectivity index (χ4v) is 2.61. The third-order valence-corrected chi connectivity index (χ3v) is 3.77. The van der Waals surface area contributed by atoms with Crippen LogP contribution in [-0.4, -0.2) is 33.8 Å². The van der Waals surface area contributed by atoms with Crippen LogP contribution in [0.3, 0.4) is 0 Å². The lowest BCUT2D eigenvalue weighted by molar-refractivity contribution is -0.147. The van der Waals surface area contributed by atoms with Crippen molar-refractivity contribution in [3.05, 3.63) is 11.1 Å². The first-order valence-corrected chi connectivity index (χ1v) is 5.73. The van der Waals surface area contributed by atoms with Crippen molar-refractivity contribution in [2.75, 3.05) is 0 Å². The van der Waals surface area contributed by atoms with E-state index < -0.39 is 17.9 Å². The molecule has 1 N–H and O–H groups in total. The van der Waals surface area contributed by atoms with Gasteiger partial charge in [-0.15, -0.1) is 0 Å². The van der Waals surface area contributed by atoms with Crippen LogP contribution in [0.15, 0.2) is 11.1 Å². The summed E-state index contributed by atoms with van der Waals surface area (Å²) in [4.78, 5) is 36.1. The monoisotopic (exact) mass is 237 g/mol. The lowest BCUT2D eigenvalue weighted by atomic mass is 10.0. The van der Waals surface area contributed by atoms with Gasteiger partial charge in [0.25, 0.3) is 11.8 Å². The van der Waals surface area contributed by atoms with Gasteiger partial charge in [-0.05, 0) is 26.7 Å². The lowest BCUT2D eigenvalue weighted by Crippen LogP contribution is -2.45. The highest BCUT2D eigenvalue weighted by Crippen LogP contribution is 2.34. The fraction of sp³-hybridized carbons (Fsp3) is 0.583. The smallest absolute Gasteiger partial charge is 0.308 e. The molecule has 2 unspecified atom stereocenters. The second kappa shape index (κ2) is 3.98. The van der Waals surface area contributed by atoms with Gasteiger partial charge < -0.3 is 5.11 Å². The van der Waals surface area contributed by atoms with Crippen LogP contribution in [0.1, 0.15) is 33.1 Å². The summed E-state index contributed by atoms with van der Waals surface area (Å²) < 4.78 is 0. The zero-order valence-electron chi connectivity index (χ0n) is 9.90. The van der Waals surface area contributed by atoms with Gasteiger partial charge in [-0.2, -0.15) is 0 Å². The first kappa shape index (κ1) is 11.8. The number of aliphatic carboxylic acids is 1. The van der Waals surface area contributed by atoms with E-state index in [1.165, 1.54) is 0 Å². The Morgan fingerprint density at radius 1 is 1.18 bits per heavy atom. The van der Waals surface area contributed by atoms with E-state index in [2.05, 4.69) is 0 Å². The molecule has 0 aromatic carbocycles. The number of hydrogen-bond donors (Lipinski definition) is 1. The third kappa shape index (κ3) is 1.66. The van der Waals surface area contributed by atoms with E-state index in [1.807, 2.05) is 0 Å². The van der Waals surface area contributed by atoms with Crippen LogP contribution in [0, 0.1) is 5.92 Å². The Balaban J connectivity index is 2.28. The predicted octanol–water partition coefficient (Wildman–Crippen LogP) is 0.945. The van der Waals surface area contributed by atoms with Gasteiger partial charge in [0.05, 0.1) is 12.0 Å². The summed E-state index contributed by atoms with van der Waals surface area (Å²) >= 11 is 0. The Bertz CT molecular complexity index is 414. The molecule has 2 amide bonds. The summed E-state index contributed by atoms with van der Waals surface area (Å²) in [6, 6.07) is -0.472. The highest BCUT2D eigenvalue weighted by Gasteiger charge is 2.45. The summed E-state index contributed by atoms with van der Waals surface area (Å²) in [5, 5.41) is 9.09. The van der Waals surface area contributed by atoms with Crippen LogP contribution in [-0.2, 0) is 14.4 Å². The molecule has 0 saturated heterocycles. The Labute approximate surface area is 99.1 Å². The minimum atomic E-state index is -0.921. The molecule has 0 aromatic heterocycles. The molecule has 0 bridgehead atoms. The molecule has 92 valence electrons. The number of imide groups is 1. The molecule has 1 fully saturated rings. The molecule has 5 nitrogen and oxygen atoms in total. The van der Waals surface area contributed by atoms with Gasteiger partial charge in [-0.1, -0.05) is 6.42 Å². The Hall–Kier alpha value is -1.65. The summed E-state index contributed by atoms with van der Waals surface area (Å²) in [6.07, 6.45) is 1.88. The van der Waals surface area contributed by atoms with E-state index in [9.17, 15) is 14.4 Å². The molecule has 5 heteroatoms. The average molecular weight is 237 g/mol. The number of nitrogens with zero attached hydrogens (tertiary/aromatic N) is 1. The van der Waals surface area contributed by atoms with Gasteiger partial charge in [0.1, 0.15) is 0 Å². The van der Waals surface area contributed by atoms with Gasteiger partial charge in [-0.25, -0.2) is 0 Å². The number of carbonyl (C=O) groups excluding carboxylic acids is 2. The zero-order chi connectivity index (χ0) is 12.7. The van der Waals surface area contributed by atoms with Crippen LogP contribution in [0.2, 0.25) is 0 Å². The third-order valence-electron chi connectivity index (χ3n) is 3.77. The van der Waals surface area contributed by atoms with Gasteiger partial charge in [0, 0.05) is 11.1 Å². The largest absolute Gasteiger partial charge is 0.481 e. The second-order valence-electron chi connectivity index (χ2n) is 4.67. The Kier molecular flexibility index (Phi) is 2.77. The SMILES string of the molecule is CC1=C(C)C(=O)N(C2CCCC2C(=O)O)C1=O. The topological polar surface area (TPSA) is 74.7 Å². The molecule has 1 saturated carbocycles. The van der Waals surface area contributed by atoms with E-state index in [0.29, 0.717) is 24.0 Å². The van der Waals surface area contributed by atoms with Crippen LogP contribution < -0.4 is 0 Å². The summed E-state index contributed by atoms with van der Waals surface area (Å²) in [5.41, 5.74) is 0.872. The molecule has 1 aliphatic carbocycles. The van der Waals surface area contributed by atoms with Gasteiger partial charge >= 0.3 is 5.97 Å². The van der Waals surface area contributed by atoms with Crippen molar-refractivity contribution in [3.63, 3.8) is 0 Å². The maximum atomic E-state index is 11.9. The van der Waals surface area contributed by atoms with E-state index in [-0.39, 0.29) is 11.8 Å². The molecular weight excluding hydrogens is 222 g/mol. The number of carbonyl (C=O) groups is 3. The quantitative estimate of drug-likeness (QED) is 0.725. The molecular formula is C12H15NO4. The molecule has 0 aromatic rings. The molecule has 2 rings (SSSR count). The summed E-state index contributed by atoms with van der Waals surface area (Å²) in [5.74, 6) is -2.19. The fourth-order valence-electron chi connectivity index (χ4n) is 2.61. The van der Waals surface area contributed by atoms with Crippen LogP contribution in [0.5, 0.6) is 0 Å². The summed E-state index contributed by atoms with van der Waals surface area (Å²) in [6.45, 7) is 3.22. The first-order chi connectivity index (χ1) is 7.95. The normalized spacial score (nSPS) is 29.4. The van der Waals surface area contributed by atoms with Crippen molar-refractivity contribution >= 4 is 17.8 Å². The van der Waals surface area contributed by atoms with Gasteiger partial charge in [0.15, 0.2) is 0 Å². The Morgan fingerprint density at radius 3 is 2.18 bits per heavy atom. The maximum absolute atomic E-state index is 11.9. The van der Waals surface area contributed by atoms with Crippen molar-refractivity contribution in [1.29, 1.82) is 0 Å². The average Bonchev–Trinajstić information content (AvgIpc) is 2.81. The van der Waals surface area contributed by atoms with Gasteiger partial charge in [0.2, 0.25) is 0 Å². The summed E-state index contributed by atoms with van der Waals surface area (Å²) in [7, 11) is 0. The molecule has 17 heavy (non-hydrogen) atoms. The van der Waals surface area contributed by atoms with Crippen molar-refractivity contribution in [1.82, 2.24) is 4.90 Å². The number of carboxylic acids is 1. The molecule has 0 spiro atoms. The van der Waals surface area contributed by atoms with Crippen LogP contribution >= 0.6 is 0 Å². The van der Waals surface area contributed by atoms with Crippen molar-refractivity contribution in [3.8, 4) is 0 Å².